The largest absolute Gasteiger partial charge is 0.444 e. The molecule has 0 bridgehead atoms. The van der Waals surface area contributed by atoms with Crippen molar-refractivity contribution in [2.75, 3.05) is 19.6 Å². The number of likely N-dealkylation sites (tertiary alicyclic amines) is 1. The summed E-state index contributed by atoms with van der Waals surface area (Å²) in [5.74, 6) is 0.640. The van der Waals surface area contributed by atoms with Gasteiger partial charge < -0.3 is 15.0 Å². The molecule has 1 amide bonds. The summed E-state index contributed by atoms with van der Waals surface area (Å²) in [6.07, 6.45) is 1.98. The minimum absolute atomic E-state index is 0.170. The van der Waals surface area contributed by atoms with Gasteiger partial charge in [-0.3, -0.25) is 0 Å². The zero-order valence-electron chi connectivity index (χ0n) is 12.5. The molecule has 0 saturated carbocycles. The highest BCUT2D eigenvalue weighted by Gasteiger charge is 2.31. The number of carbonyl (C=O) groups is 1. The van der Waals surface area contributed by atoms with E-state index in [9.17, 15) is 4.79 Å². The summed E-state index contributed by atoms with van der Waals surface area (Å²) in [5.41, 5.74) is -0.407. The van der Waals surface area contributed by atoms with E-state index >= 15 is 0 Å². The van der Waals surface area contributed by atoms with E-state index in [2.05, 4.69) is 19.2 Å². The summed E-state index contributed by atoms with van der Waals surface area (Å²) in [6.45, 7) is 12.8. The number of hydrogen-bond acceptors (Lipinski definition) is 3. The maximum absolute atomic E-state index is 12.0. The Morgan fingerprint density at radius 3 is 2.67 bits per heavy atom. The standard InChI is InChI=1S/C14H28N2O2/c1-11(2)9-15-10-12-7-6-8-16(12)13(17)18-14(3,4)5/h11-12,15H,6-10H2,1-5H3/t12-/m0/s1. The van der Waals surface area contributed by atoms with E-state index in [0.717, 1.165) is 32.5 Å². The fraction of sp³-hybridized carbons (Fsp3) is 0.929. The third-order valence-corrected chi connectivity index (χ3v) is 2.94. The Bertz CT molecular complexity index is 271. The normalized spacial score (nSPS) is 20.6. The molecule has 0 spiro atoms. The highest BCUT2D eigenvalue weighted by Crippen LogP contribution is 2.20. The molecule has 1 aliphatic rings. The van der Waals surface area contributed by atoms with Gasteiger partial charge in [0.2, 0.25) is 0 Å². The fourth-order valence-electron chi connectivity index (χ4n) is 2.15. The third-order valence-electron chi connectivity index (χ3n) is 2.94. The molecule has 1 rings (SSSR count). The van der Waals surface area contributed by atoms with Crippen LogP contribution in [0, 0.1) is 5.92 Å². The molecule has 0 aromatic heterocycles. The first-order chi connectivity index (χ1) is 8.29. The van der Waals surface area contributed by atoms with Crippen LogP contribution < -0.4 is 5.32 Å². The zero-order chi connectivity index (χ0) is 13.8. The van der Waals surface area contributed by atoms with Crippen LogP contribution in [0.1, 0.15) is 47.5 Å². The number of ether oxygens (including phenoxy) is 1. The van der Waals surface area contributed by atoms with Crippen molar-refractivity contribution in [3.05, 3.63) is 0 Å². The monoisotopic (exact) mass is 256 g/mol. The predicted octanol–water partition coefficient (Wildman–Crippen LogP) is 2.63. The second-order valence-electron chi connectivity index (χ2n) is 6.52. The first-order valence-electron chi connectivity index (χ1n) is 7.00. The van der Waals surface area contributed by atoms with Gasteiger partial charge >= 0.3 is 6.09 Å². The van der Waals surface area contributed by atoms with Crippen LogP contribution in [0.5, 0.6) is 0 Å². The SMILES string of the molecule is CC(C)CNC[C@@H]1CCCN1C(=O)OC(C)(C)C. The Kier molecular flexibility index (Phi) is 5.45. The van der Waals surface area contributed by atoms with Gasteiger partial charge in [-0.15, -0.1) is 0 Å². The Labute approximate surface area is 111 Å². The van der Waals surface area contributed by atoms with Crippen molar-refractivity contribution < 1.29 is 9.53 Å². The summed E-state index contributed by atoms with van der Waals surface area (Å²) in [7, 11) is 0. The Morgan fingerprint density at radius 1 is 1.44 bits per heavy atom. The van der Waals surface area contributed by atoms with Crippen molar-refractivity contribution in [2.24, 2.45) is 5.92 Å². The number of nitrogens with zero attached hydrogens (tertiary/aromatic N) is 1. The summed E-state index contributed by atoms with van der Waals surface area (Å²) in [5, 5.41) is 3.43. The maximum atomic E-state index is 12.0. The van der Waals surface area contributed by atoms with Gasteiger partial charge in [-0.05, 0) is 46.1 Å². The molecule has 106 valence electrons. The van der Waals surface area contributed by atoms with E-state index in [1.165, 1.54) is 0 Å². The van der Waals surface area contributed by atoms with Crippen molar-refractivity contribution in [3.63, 3.8) is 0 Å². The number of carbonyl (C=O) groups excluding carboxylic acids is 1. The molecule has 0 aliphatic carbocycles. The molecule has 1 N–H and O–H groups in total. The van der Waals surface area contributed by atoms with Gasteiger partial charge in [0.25, 0.3) is 0 Å². The van der Waals surface area contributed by atoms with E-state index < -0.39 is 5.60 Å². The topological polar surface area (TPSA) is 41.6 Å². The molecule has 0 unspecified atom stereocenters. The highest BCUT2D eigenvalue weighted by atomic mass is 16.6. The molecule has 0 aromatic carbocycles. The number of rotatable bonds is 4. The first kappa shape index (κ1) is 15.3. The van der Waals surface area contributed by atoms with Crippen LogP contribution in [0.25, 0.3) is 0 Å². The lowest BCUT2D eigenvalue weighted by Crippen LogP contribution is -2.44. The van der Waals surface area contributed by atoms with Crippen LogP contribution in [-0.2, 0) is 4.74 Å². The Hall–Kier alpha value is -0.770. The van der Waals surface area contributed by atoms with Crippen LogP contribution in [-0.4, -0.2) is 42.3 Å². The smallest absolute Gasteiger partial charge is 0.410 e. The lowest BCUT2D eigenvalue weighted by molar-refractivity contribution is 0.0226. The molecule has 4 heteroatoms. The molecule has 1 fully saturated rings. The number of hydrogen-bond donors (Lipinski definition) is 1. The van der Waals surface area contributed by atoms with Crippen LogP contribution in [0.3, 0.4) is 0 Å². The average molecular weight is 256 g/mol. The van der Waals surface area contributed by atoms with Crippen LogP contribution in [0.15, 0.2) is 0 Å². The van der Waals surface area contributed by atoms with Crippen LogP contribution in [0.4, 0.5) is 4.79 Å². The van der Waals surface area contributed by atoms with Gasteiger partial charge in [0.05, 0.1) is 0 Å². The fourth-order valence-corrected chi connectivity index (χ4v) is 2.15. The molecule has 1 atom stereocenters. The van der Waals surface area contributed by atoms with Gasteiger partial charge in [-0.25, -0.2) is 4.79 Å². The molecule has 1 heterocycles. The average Bonchev–Trinajstić information content (AvgIpc) is 2.62. The van der Waals surface area contributed by atoms with Crippen molar-refractivity contribution in [1.29, 1.82) is 0 Å². The molecule has 1 saturated heterocycles. The molecule has 0 aromatic rings. The molecule has 0 radical (unpaired) electrons. The minimum atomic E-state index is -0.407. The lowest BCUT2D eigenvalue weighted by atomic mass is 10.2. The van der Waals surface area contributed by atoms with Crippen molar-refractivity contribution in [1.82, 2.24) is 10.2 Å². The minimum Gasteiger partial charge on any atom is -0.444 e. The highest BCUT2D eigenvalue weighted by molar-refractivity contribution is 5.69. The lowest BCUT2D eigenvalue weighted by Gasteiger charge is -2.29. The Morgan fingerprint density at radius 2 is 2.11 bits per heavy atom. The van der Waals surface area contributed by atoms with Gasteiger partial charge in [0, 0.05) is 19.1 Å². The quantitative estimate of drug-likeness (QED) is 0.840. The van der Waals surface area contributed by atoms with Gasteiger partial charge in [0.1, 0.15) is 5.60 Å². The first-order valence-corrected chi connectivity index (χ1v) is 7.00. The molecule has 1 aliphatic heterocycles. The second kappa shape index (κ2) is 6.41. The third kappa shape index (κ3) is 5.25. The van der Waals surface area contributed by atoms with Crippen LogP contribution in [0.2, 0.25) is 0 Å². The van der Waals surface area contributed by atoms with E-state index in [1.807, 2.05) is 25.7 Å². The van der Waals surface area contributed by atoms with E-state index in [-0.39, 0.29) is 6.09 Å². The predicted molar refractivity (Wildman–Crippen MR) is 73.7 cm³/mol. The van der Waals surface area contributed by atoms with Gasteiger partial charge in [-0.2, -0.15) is 0 Å². The second-order valence-corrected chi connectivity index (χ2v) is 6.52. The van der Waals surface area contributed by atoms with Crippen molar-refractivity contribution in [3.8, 4) is 0 Å². The molecular weight excluding hydrogens is 228 g/mol. The van der Waals surface area contributed by atoms with E-state index in [4.69, 9.17) is 4.74 Å². The molecular formula is C14H28N2O2. The molecule has 4 nitrogen and oxygen atoms in total. The van der Waals surface area contributed by atoms with E-state index in [1.54, 1.807) is 0 Å². The summed E-state index contributed by atoms with van der Waals surface area (Å²) < 4.78 is 5.44. The van der Waals surface area contributed by atoms with E-state index in [0.29, 0.717) is 12.0 Å². The number of amides is 1. The zero-order valence-corrected chi connectivity index (χ0v) is 12.5. The summed E-state index contributed by atoms with van der Waals surface area (Å²) in [4.78, 5) is 13.9. The Balaban J connectivity index is 2.41. The summed E-state index contributed by atoms with van der Waals surface area (Å²) >= 11 is 0. The van der Waals surface area contributed by atoms with Crippen molar-refractivity contribution >= 4 is 6.09 Å². The maximum Gasteiger partial charge on any atom is 0.410 e. The van der Waals surface area contributed by atoms with Gasteiger partial charge in [0.15, 0.2) is 0 Å². The van der Waals surface area contributed by atoms with Crippen molar-refractivity contribution in [2.45, 2.75) is 59.1 Å². The molecule has 18 heavy (non-hydrogen) atoms. The van der Waals surface area contributed by atoms with Crippen LogP contribution >= 0.6 is 0 Å². The number of nitrogens with one attached hydrogen (secondary N) is 1. The van der Waals surface area contributed by atoms with Gasteiger partial charge in [-0.1, -0.05) is 13.8 Å². The summed E-state index contributed by atoms with van der Waals surface area (Å²) in [6, 6.07) is 0.290.